The average molecular weight is 520 g/mol. The Morgan fingerprint density at radius 3 is 2.32 bits per heavy atom. The standard InChI is InChI=1S/C29H30FN3O3S/c1-5-17(4)26(28(35)36)33-27(34)19-8-6-18(7-9-19)21-11-12-23(22(30)14-21)31-29-32-24-13-10-20(16(2)3)15-25(24)37-29/h6-17,26H,5H2,1-4H3,(H,31,32)(H,33,34)(H,35,36)/t17?,26-/m0/s1. The Morgan fingerprint density at radius 1 is 1.00 bits per heavy atom. The van der Waals surface area contributed by atoms with Crippen LogP contribution in [0.15, 0.2) is 60.7 Å². The Labute approximate surface area is 219 Å². The van der Waals surface area contributed by atoms with Crippen LogP contribution in [0.4, 0.5) is 15.2 Å². The van der Waals surface area contributed by atoms with Gasteiger partial charge in [0.15, 0.2) is 5.13 Å². The summed E-state index contributed by atoms with van der Waals surface area (Å²) < 4.78 is 16.0. The maximum Gasteiger partial charge on any atom is 0.326 e. The van der Waals surface area contributed by atoms with Crippen LogP contribution in [0.2, 0.25) is 0 Å². The van der Waals surface area contributed by atoms with Crippen molar-refractivity contribution in [3.63, 3.8) is 0 Å². The lowest BCUT2D eigenvalue weighted by atomic mass is 9.98. The molecular formula is C29H30FN3O3S. The van der Waals surface area contributed by atoms with E-state index in [0.717, 1.165) is 15.8 Å². The van der Waals surface area contributed by atoms with Gasteiger partial charge in [0.1, 0.15) is 11.9 Å². The monoisotopic (exact) mass is 519 g/mol. The Hall–Kier alpha value is -3.78. The third-order valence-electron chi connectivity index (χ3n) is 6.54. The van der Waals surface area contributed by atoms with Gasteiger partial charge in [-0.05, 0) is 64.9 Å². The van der Waals surface area contributed by atoms with Crippen molar-refractivity contribution in [3.8, 4) is 11.1 Å². The number of hydrogen-bond acceptors (Lipinski definition) is 5. The molecule has 1 heterocycles. The highest BCUT2D eigenvalue weighted by Crippen LogP contribution is 2.32. The summed E-state index contributed by atoms with van der Waals surface area (Å²) in [6.45, 7) is 7.95. The highest BCUT2D eigenvalue weighted by atomic mass is 32.1. The summed E-state index contributed by atoms with van der Waals surface area (Å²) in [5, 5.41) is 15.7. The fraction of sp³-hybridized carbons (Fsp3) is 0.276. The Bertz CT molecular complexity index is 1430. The van der Waals surface area contributed by atoms with Crippen LogP contribution in [0.5, 0.6) is 0 Å². The van der Waals surface area contributed by atoms with E-state index in [4.69, 9.17) is 0 Å². The molecule has 2 atom stereocenters. The minimum atomic E-state index is -1.06. The lowest BCUT2D eigenvalue weighted by molar-refractivity contribution is -0.140. The number of nitrogens with one attached hydrogen (secondary N) is 2. The molecule has 0 spiro atoms. The van der Waals surface area contributed by atoms with Crippen LogP contribution in [0.25, 0.3) is 21.3 Å². The van der Waals surface area contributed by atoms with Crippen molar-refractivity contribution in [2.45, 2.75) is 46.1 Å². The average Bonchev–Trinajstić information content (AvgIpc) is 3.29. The number of carbonyl (C=O) groups is 2. The SMILES string of the molecule is CCC(C)[C@H](NC(=O)c1ccc(-c2ccc(Nc3nc4ccc(C(C)C)cc4s3)c(F)c2)cc1)C(=O)O. The molecule has 3 N–H and O–H groups in total. The number of aromatic nitrogens is 1. The van der Waals surface area contributed by atoms with Gasteiger partial charge in [-0.1, -0.05) is 69.7 Å². The maximum atomic E-state index is 15.0. The van der Waals surface area contributed by atoms with Gasteiger partial charge in [-0.2, -0.15) is 0 Å². The number of carboxylic acid groups (broad SMARTS) is 1. The second-order valence-electron chi connectivity index (χ2n) is 9.47. The predicted molar refractivity (Wildman–Crippen MR) is 147 cm³/mol. The molecule has 3 aromatic carbocycles. The summed E-state index contributed by atoms with van der Waals surface area (Å²) in [4.78, 5) is 28.6. The lowest BCUT2D eigenvalue weighted by Crippen LogP contribution is -2.45. The molecule has 0 radical (unpaired) electrons. The smallest absolute Gasteiger partial charge is 0.326 e. The van der Waals surface area contributed by atoms with Crippen LogP contribution in [-0.4, -0.2) is 28.0 Å². The maximum absolute atomic E-state index is 15.0. The van der Waals surface area contributed by atoms with E-state index >= 15 is 0 Å². The first-order valence-electron chi connectivity index (χ1n) is 12.3. The van der Waals surface area contributed by atoms with Crippen molar-refractivity contribution in [1.29, 1.82) is 0 Å². The van der Waals surface area contributed by atoms with Gasteiger partial charge < -0.3 is 15.7 Å². The first kappa shape index (κ1) is 26.3. The van der Waals surface area contributed by atoms with Crippen LogP contribution in [-0.2, 0) is 4.79 Å². The van der Waals surface area contributed by atoms with Gasteiger partial charge in [0, 0.05) is 5.56 Å². The fourth-order valence-electron chi connectivity index (χ4n) is 3.99. The van der Waals surface area contributed by atoms with Crippen LogP contribution >= 0.6 is 11.3 Å². The number of amides is 1. The van der Waals surface area contributed by atoms with E-state index in [2.05, 4.69) is 41.6 Å². The van der Waals surface area contributed by atoms with Gasteiger partial charge in [0.2, 0.25) is 0 Å². The van der Waals surface area contributed by atoms with E-state index in [1.807, 2.05) is 13.0 Å². The molecule has 1 amide bonds. The van der Waals surface area contributed by atoms with E-state index in [1.165, 1.54) is 23.0 Å². The molecule has 6 nitrogen and oxygen atoms in total. The molecule has 0 aliphatic heterocycles. The minimum Gasteiger partial charge on any atom is -0.480 e. The van der Waals surface area contributed by atoms with Crippen LogP contribution in [0.1, 0.15) is 56.0 Å². The molecule has 0 fully saturated rings. The second-order valence-corrected chi connectivity index (χ2v) is 10.5. The molecule has 0 bridgehead atoms. The molecule has 0 aliphatic carbocycles. The molecule has 0 saturated carbocycles. The second kappa shape index (κ2) is 11.1. The molecule has 4 rings (SSSR count). The number of carbonyl (C=O) groups excluding carboxylic acids is 1. The van der Waals surface area contributed by atoms with Crippen LogP contribution < -0.4 is 10.6 Å². The summed E-state index contributed by atoms with van der Waals surface area (Å²) in [5.74, 6) is -1.71. The number of rotatable bonds is 9. The largest absolute Gasteiger partial charge is 0.480 e. The van der Waals surface area contributed by atoms with Crippen molar-refractivity contribution >= 4 is 44.2 Å². The van der Waals surface area contributed by atoms with Crippen LogP contribution in [0, 0.1) is 11.7 Å². The third-order valence-corrected chi connectivity index (χ3v) is 7.47. The first-order valence-corrected chi connectivity index (χ1v) is 13.1. The summed E-state index contributed by atoms with van der Waals surface area (Å²) in [5.41, 5.74) is 4.17. The van der Waals surface area contributed by atoms with E-state index in [0.29, 0.717) is 34.3 Å². The number of carboxylic acids is 1. The van der Waals surface area contributed by atoms with Crippen molar-refractivity contribution in [2.24, 2.45) is 5.92 Å². The number of thiazole rings is 1. The number of fused-ring (bicyclic) bond motifs is 1. The quantitative estimate of drug-likeness (QED) is 0.218. The van der Waals surface area contributed by atoms with Crippen molar-refractivity contribution < 1.29 is 19.1 Å². The molecule has 0 saturated heterocycles. The summed E-state index contributed by atoms with van der Waals surface area (Å²) in [6, 6.07) is 16.8. The normalized spacial score (nSPS) is 12.9. The van der Waals surface area contributed by atoms with Gasteiger partial charge in [-0.15, -0.1) is 0 Å². The molecule has 37 heavy (non-hydrogen) atoms. The molecular weight excluding hydrogens is 489 g/mol. The molecule has 1 aromatic heterocycles. The number of aliphatic carboxylic acids is 1. The van der Waals surface area contributed by atoms with Crippen molar-refractivity contribution in [3.05, 3.63) is 77.6 Å². The summed E-state index contributed by atoms with van der Waals surface area (Å²) >= 11 is 1.48. The third kappa shape index (κ3) is 5.97. The number of hydrogen-bond donors (Lipinski definition) is 3. The molecule has 1 unspecified atom stereocenters. The number of anilines is 2. The zero-order valence-electron chi connectivity index (χ0n) is 21.2. The van der Waals surface area contributed by atoms with E-state index in [-0.39, 0.29) is 5.92 Å². The number of nitrogens with zero attached hydrogens (tertiary/aromatic N) is 1. The van der Waals surface area contributed by atoms with E-state index < -0.39 is 23.7 Å². The minimum absolute atomic E-state index is 0.198. The van der Waals surface area contributed by atoms with Crippen molar-refractivity contribution in [2.75, 3.05) is 5.32 Å². The Kier molecular flexibility index (Phi) is 7.88. The van der Waals surface area contributed by atoms with Gasteiger partial charge in [0.05, 0.1) is 15.9 Å². The lowest BCUT2D eigenvalue weighted by Gasteiger charge is -2.20. The Balaban J connectivity index is 1.47. The topological polar surface area (TPSA) is 91.3 Å². The number of benzene rings is 3. The van der Waals surface area contributed by atoms with Crippen molar-refractivity contribution in [1.82, 2.24) is 10.3 Å². The van der Waals surface area contributed by atoms with Gasteiger partial charge >= 0.3 is 5.97 Å². The zero-order valence-corrected chi connectivity index (χ0v) is 22.0. The van der Waals surface area contributed by atoms with Gasteiger partial charge in [0.25, 0.3) is 5.91 Å². The molecule has 192 valence electrons. The molecule has 4 aromatic rings. The number of halogens is 1. The highest BCUT2D eigenvalue weighted by molar-refractivity contribution is 7.22. The zero-order chi connectivity index (χ0) is 26.7. The van der Waals surface area contributed by atoms with E-state index in [9.17, 15) is 19.1 Å². The predicted octanol–water partition coefficient (Wildman–Crippen LogP) is 7.20. The van der Waals surface area contributed by atoms with Gasteiger partial charge in [-0.3, -0.25) is 4.79 Å². The molecule has 8 heteroatoms. The summed E-state index contributed by atoms with van der Waals surface area (Å²) in [6.07, 6.45) is 0.630. The van der Waals surface area contributed by atoms with Crippen LogP contribution in [0.3, 0.4) is 0 Å². The highest BCUT2D eigenvalue weighted by Gasteiger charge is 2.25. The summed E-state index contributed by atoms with van der Waals surface area (Å²) in [7, 11) is 0. The Morgan fingerprint density at radius 2 is 1.70 bits per heavy atom. The fourth-order valence-corrected chi connectivity index (χ4v) is 4.91. The van der Waals surface area contributed by atoms with Gasteiger partial charge in [-0.25, -0.2) is 14.2 Å². The van der Waals surface area contributed by atoms with E-state index in [1.54, 1.807) is 43.3 Å². The molecule has 0 aliphatic rings. The first-order chi connectivity index (χ1) is 17.7.